The van der Waals surface area contributed by atoms with E-state index in [0.717, 1.165) is 17.6 Å². The maximum atomic E-state index is 11.1. The molecule has 0 N–H and O–H groups in total. The Bertz CT molecular complexity index is 513. The van der Waals surface area contributed by atoms with Gasteiger partial charge >= 0.3 is 0 Å². The minimum absolute atomic E-state index is 0.0861. The van der Waals surface area contributed by atoms with Crippen molar-refractivity contribution >= 4 is 31.5 Å². The van der Waals surface area contributed by atoms with Crippen molar-refractivity contribution in [1.29, 1.82) is 0 Å². The fourth-order valence-corrected chi connectivity index (χ4v) is 2.55. The molecule has 0 spiro atoms. The normalized spacial score (nSPS) is 12.1. The number of fused-ring (bicyclic) bond motifs is 1. The van der Waals surface area contributed by atoms with E-state index in [4.69, 9.17) is 0 Å². The lowest BCUT2D eigenvalue weighted by molar-refractivity contribution is 0.601. The molecule has 0 aliphatic carbocycles. The molecule has 0 aliphatic rings. The van der Waals surface area contributed by atoms with Gasteiger partial charge in [0.2, 0.25) is 14.2 Å². The molecule has 0 aromatic carbocycles. The van der Waals surface area contributed by atoms with Gasteiger partial charge in [0.15, 0.2) is 0 Å². The van der Waals surface area contributed by atoms with Crippen LogP contribution in [0.15, 0.2) is 16.9 Å². The van der Waals surface area contributed by atoms with Crippen LogP contribution in [0.2, 0.25) is 0 Å². The lowest BCUT2D eigenvalue weighted by Crippen LogP contribution is -1.94. The highest BCUT2D eigenvalue weighted by molar-refractivity contribution is 7.92. The van der Waals surface area contributed by atoms with Crippen LogP contribution in [0.3, 0.4) is 0 Å². The minimum atomic E-state index is -3.23. The summed E-state index contributed by atoms with van der Waals surface area (Å²) in [6.07, 6.45) is 3.98. The van der Waals surface area contributed by atoms with Gasteiger partial charge in [-0.05, 0) is 0 Å². The van der Waals surface area contributed by atoms with Crippen molar-refractivity contribution in [1.82, 2.24) is 15.0 Å². The minimum Gasteiger partial charge on any atom is -0.242 e. The van der Waals surface area contributed by atoms with Crippen LogP contribution in [-0.4, -0.2) is 29.6 Å². The zero-order valence-electron chi connectivity index (χ0n) is 6.63. The van der Waals surface area contributed by atoms with Gasteiger partial charge in [-0.15, -0.1) is 0 Å². The Hall–Kier alpha value is -1.08. The molecule has 0 saturated heterocycles. The van der Waals surface area contributed by atoms with Gasteiger partial charge in [-0.3, -0.25) is 0 Å². The third-order valence-electron chi connectivity index (χ3n) is 1.37. The molecule has 68 valence electrons. The molecule has 7 heteroatoms. The number of hydrogen-bond donors (Lipinski definition) is 0. The SMILES string of the molecule is CS(=O)(=O)c1nc2cncnc2s1. The van der Waals surface area contributed by atoms with Crippen LogP contribution in [0.4, 0.5) is 0 Å². The number of nitrogens with zero attached hydrogens (tertiary/aromatic N) is 3. The van der Waals surface area contributed by atoms with Crippen molar-refractivity contribution in [2.45, 2.75) is 4.34 Å². The topological polar surface area (TPSA) is 72.8 Å². The van der Waals surface area contributed by atoms with E-state index >= 15 is 0 Å². The van der Waals surface area contributed by atoms with E-state index in [-0.39, 0.29) is 4.34 Å². The second-order valence-corrected chi connectivity index (χ2v) is 5.63. The molecule has 2 aromatic rings. The Morgan fingerprint density at radius 3 is 2.85 bits per heavy atom. The average molecular weight is 215 g/mol. The molecular weight excluding hydrogens is 210 g/mol. The van der Waals surface area contributed by atoms with Crippen LogP contribution in [0, 0.1) is 0 Å². The van der Waals surface area contributed by atoms with Crippen molar-refractivity contribution in [3.63, 3.8) is 0 Å². The molecule has 0 unspecified atom stereocenters. The first-order valence-electron chi connectivity index (χ1n) is 3.34. The Morgan fingerprint density at radius 2 is 2.23 bits per heavy atom. The Labute approximate surface area is 78.4 Å². The second-order valence-electron chi connectivity index (χ2n) is 2.47. The van der Waals surface area contributed by atoms with E-state index in [0.29, 0.717) is 10.3 Å². The van der Waals surface area contributed by atoms with Crippen LogP contribution in [-0.2, 0) is 9.84 Å². The number of thiazole rings is 1. The predicted octanol–water partition coefficient (Wildman–Crippen LogP) is 0.490. The standard InChI is InChI=1S/C6H5N3O2S2/c1-13(10,11)6-9-4-2-7-3-8-5(4)12-6/h2-3H,1H3. The molecule has 2 heterocycles. The summed E-state index contributed by atoms with van der Waals surface area (Å²) < 4.78 is 22.3. The fourth-order valence-electron chi connectivity index (χ4n) is 0.829. The fraction of sp³-hybridized carbons (Fsp3) is 0.167. The van der Waals surface area contributed by atoms with Crippen molar-refractivity contribution in [2.75, 3.05) is 6.26 Å². The maximum Gasteiger partial charge on any atom is 0.211 e. The summed E-state index contributed by atoms with van der Waals surface area (Å²) in [5, 5.41) is 0. The van der Waals surface area contributed by atoms with Crippen molar-refractivity contribution < 1.29 is 8.42 Å². The average Bonchev–Trinajstić information content (AvgIpc) is 2.45. The van der Waals surface area contributed by atoms with Crippen molar-refractivity contribution in [2.24, 2.45) is 0 Å². The Morgan fingerprint density at radius 1 is 1.46 bits per heavy atom. The Balaban J connectivity index is 2.77. The molecule has 2 aromatic heterocycles. The third kappa shape index (κ3) is 1.52. The summed E-state index contributed by atoms with van der Waals surface area (Å²) in [6, 6.07) is 0. The number of aromatic nitrogens is 3. The van der Waals surface area contributed by atoms with Gasteiger partial charge in [0.25, 0.3) is 0 Å². The highest BCUT2D eigenvalue weighted by Crippen LogP contribution is 2.21. The van der Waals surface area contributed by atoms with Crippen LogP contribution < -0.4 is 0 Å². The summed E-state index contributed by atoms with van der Waals surface area (Å²) in [6.45, 7) is 0. The highest BCUT2D eigenvalue weighted by atomic mass is 32.2. The molecule has 0 aliphatic heterocycles. The number of rotatable bonds is 1. The zero-order valence-corrected chi connectivity index (χ0v) is 8.26. The van der Waals surface area contributed by atoms with Gasteiger partial charge in [0.05, 0.1) is 6.20 Å². The second kappa shape index (κ2) is 2.71. The summed E-state index contributed by atoms with van der Waals surface area (Å²) in [5.74, 6) is 0. The lowest BCUT2D eigenvalue weighted by Gasteiger charge is -1.84. The highest BCUT2D eigenvalue weighted by Gasteiger charge is 2.13. The van der Waals surface area contributed by atoms with E-state index in [1.807, 2.05) is 0 Å². The van der Waals surface area contributed by atoms with E-state index < -0.39 is 9.84 Å². The van der Waals surface area contributed by atoms with Crippen molar-refractivity contribution in [3.05, 3.63) is 12.5 Å². The predicted molar refractivity (Wildman–Crippen MR) is 48.3 cm³/mol. The molecule has 0 bridgehead atoms. The summed E-state index contributed by atoms with van der Waals surface area (Å²) in [5.41, 5.74) is 0.521. The molecule has 13 heavy (non-hydrogen) atoms. The first kappa shape index (κ1) is 8.52. The zero-order chi connectivity index (χ0) is 9.47. The quantitative estimate of drug-likeness (QED) is 0.692. The van der Waals surface area contributed by atoms with Crippen LogP contribution in [0.1, 0.15) is 0 Å². The van der Waals surface area contributed by atoms with Crippen molar-refractivity contribution in [3.8, 4) is 0 Å². The molecule has 0 radical (unpaired) electrons. The molecule has 0 fully saturated rings. The summed E-state index contributed by atoms with van der Waals surface area (Å²) >= 11 is 1.05. The number of hydrogen-bond acceptors (Lipinski definition) is 6. The lowest BCUT2D eigenvalue weighted by atomic mass is 10.6. The Kier molecular flexibility index (Phi) is 1.77. The first-order chi connectivity index (χ1) is 6.07. The van der Waals surface area contributed by atoms with E-state index in [1.165, 1.54) is 12.5 Å². The van der Waals surface area contributed by atoms with Gasteiger partial charge in [-0.25, -0.2) is 23.4 Å². The van der Waals surface area contributed by atoms with E-state index in [1.54, 1.807) is 0 Å². The van der Waals surface area contributed by atoms with Gasteiger partial charge in [-0.2, -0.15) is 0 Å². The van der Waals surface area contributed by atoms with E-state index in [2.05, 4.69) is 15.0 Å². The van der Waals surface area contributed by atoms with Crippen LogP contribution >= 0.6 is 11.3 Å². The molecule has 0 amide bonds. The van der Waals surface area contributed by atoms with Gasteiger partial charge < -0.3 is 0 Å². The summed E-state index contributed by atoms with van der Waals surface area (Å²) in [4.78, 5) is 12.1. The monoisotopic (exact) mass is 215 g/mol. The number of sulfone groups is 1. The van der Waals surface area contributed by atoms with Crippen LogP contribution in [0.25, 0.3) is 10.3 Å². The molecule has 2 rings (SSSR count). The van der Waals surface area contributed by atoms with Gasteiger partial charge in [-0.1, -0.05) is 11.3 Å². The summed E-state index contributed by atoms with van der Waals surface area (Å²) in [7, 11) is -3.23. The molecular formula is C6H5N3O2S2. The van der Waals surface area contributed by atoms with Crippen LogP contribution in [0.5, 0.6) is 0 Å². The largest absolute Gasteiger partial charge is 0.242 e. The molecule has 5 nitrogen and oxygen atoms in total. The van der Waals surface area contributed by atoms with Gasteiger partial charge in [0, 0.05) is 6.26 Å². The van der Waals surface area contributed by atoms with Gasteiger partial charge in [0.1, 0.15) is 16.7 Å². The molecule has 0 atom stereocenters. The maximum absolute atomic E-state index is 11.1. The van der Waals surface area contributed by atoms with E-state index in [9.17, 15) is 8.42 Å². The molecule has 0 saturated carbocycles. The third-order valence-corrected chi connectivity index (χ3v) is 4.03. The smallest absolute Gasteiger partial charge is 0.211 e. The first-order valence-corrected chi connectivity index (χ1v) is 6.05.